The number of hydrogen-bond donors (Lipinski definition) is 1. The van der Waals surface area contributed by atoms with Crippen molar-refractivity contribution in [1.29, 1.82) is 0 Å². The molecule has 0 amide bonds. The minimum atomic E-state index is -3.29. The lowest BCUT2D eigenvalue weighted by molar-refractivity contribution is -0.146. The molecule has 0 aliphatic heterocycles. The van der Waals surface area contributed by atoms with Crippen LogP contribution in [0.3, 0.4) is 0 Å². The molecule has 0 saturated carbocycles. The van der Waals surface area contributed by atoms with Crippen LogP contribution in [0, 0.1) is 0 Å². The van der Waals surface area contributed by atoms with E-state index in [-0.39, 0.29) is 5.56 Å². The Balaban J connectivity index is 2.94. The molecule has 0 radical (unpaired) electrons. The molecule has 0 spiro atoms. The second kappa shape index (κ2) is 4.50. The second-order valence-corrected chi connectivity index (χ2v) is 2.52. The first-order chi connectivity index (χ1) is 7.02. The average Bonchev–Trinajstić information content (AvgIpc) is 2.18. The van der Waals surface area contributed by atoms with Crippen LogP contribution in [-0.2, 0) is 4.79 Å². The first-order valence-electron chi connectivity index (χ1n) is 3.84. The predicted octanol–water partition coefficient (Wildman–Crippen LogP) is 1.56. The van der Waals surface area contributed by atoms with Gasteiger partial charge in [-0.15, -0.1) is 0 Å². The Morgan fingerprint density at radius 1 is 1.27 bits per heavy atom. The first-order valence-corrected chi connectivity index (χ1v) is 3.84. The standard InChI is InChI=1S/C9H6F2O4/c10-7(11)9(14)15-6-4-2-1-3-5(6)8(12)13/h1-4,7H,(H,12,13). The highest BCUT2D eigenvalue weighted by Gasteiger charge is 2.20. The first kappa shape index (κ1) is 11.1. The van der Waals surface area contributed by atoms with E-state index in [1.807, 2.05) is 0 Å². The van der Waals surface area contributed by atoms with Crippen LogP contribution in [0.25, 0.3) is 0 Å². The summed E-state index contributed by atoms with van der Waals surface area (Å²) in [5, 5.41) is 8.64. The van der Waals surface area contributed by atoms with E-state index >= 15 is 0 Å². The van der Waals surface area contributed by atoms with Crippen LogP contribution in [0.15, 0.2) is 24.3 Å². The summed E-state index contributed by atoms with van der Waals surface area (Å²) in [4.78, 5) is 21.1. The Bertz CT molecular complexity index is 389. The number of hydrogen-bond acceptors (Lipinski definition) is 3. The van der Waals surface area contributed by atoms with Crippen LogP contribution < -0.4 is 4.74 Å². The highest BCUT2D eigenvalue weighted by Crippen LogP contribution is 2.18. The molecular formula is C9H6F2O4. The SMILES string of the molecule is O=C(O)c1ccccc1OC(=O)C(F)F. The van der Waals surface area contributed by atoms with Gasteiger partial charge in [0.05, 0.1) is 0 Å². The fourth-order valence-corrected chi connectivity index (χ4v) is 0.885. The van der Waals surface area contributed by atoms with Crippen LogP contribution in [0.1, 0.15) is 10.4 Å². The lowest BCUT2D eigenvalue weighted by Gasteiger charge is -2.05. The van der Waals surface area contributed by atoms with Gasteiger partial charge in [0.1, 0.15) is 11.3 Å². The molecule has 0 heterocycles. The van der Waals surface area contributed by atoms with E-state index in [1.165, 1.54) is 12.1 Å². The van der Waals surface area contributed by atoms with E-state index in [0.29, 0.717) is 0 Å². The smallest absolute Gasteiger partial charge is 0.379 e. The molecule has 4 nitrogen and oxygen atoms in total. The molecule has 15 heavy (non-hydrogen) atoms. The van der Waals surface area contributed by atoms with Crippen LogP contribution in [0.5, 0.6) is 5.75 Å². The highest BCUT2D eigenvalue weighted by molar-refractivity contribution is 5.92. The van der Waals surface area contributed by atoms with Crippen molar-refractivity contribution in [1.82, 2.24) is 0 Å². The molecule has 0 aromatic heterocycles. The zero-order valence-corrected chi connectivity index (χ0v) is 7.31. The summed E-state index contributed by atoms with van der Waals surface area (Å²) in [6.07, 6.45) is -3.29. The summed E-state index contributed by atoms with van der Waals surface area (Å²) in [5.41, 5.74) is -0.341. The number of alkyl halides is 2. The van der Waals surface area contributed by atoms with Crippen molar-refractivity contribution in [3.8, 4) is 5.75 Å². The van der Waals surface area contributed by atoms with Crippen molar-refractivity contribution in [3.05, 3.63) is 29.8 Å². The molecule has 0 atom stereocenters. The van der Waals surface area contributed by atoms with Gasteiger partial charge in [0.2, 0.25) is 0 Å². The number of aromatic carboxylic acids is 1. The molecule has 6 heteroatoms. The number of carbonyl (C=O) groups excluding carboxylic acids is 1. The Labute approximate surface area is 83.1 Å². The molecule has 0 saturated heterocycles. The van der Waals surface area contributed by atoms with Gasteiger partial charge in [-0.05, 0) is 12.1 Å². The molecule has 1 aromatic carbocycles. The summed E-state index contributed by atoms with van der Waals surface area (Å²) >= 11 is 0. The van der Waals surface area contributed by atoms with Gasteiger partial charge in [-0.25, -0.2) is 9.59 Å². The Hall–Kier alpha value is -1.98. The number of para-hydroxylation sites is 1. The topological polar surface area (TPSA) is 63.6 Å². The van der Waals surface area contributed by atoms with E-state index in [9.17, 15) is 18.4 Å². The fourth-order valence-electron chi connectivity index (χ4n) is 0.885. The summed E-state index contributed by atoms with van der Waals surface area (Å²) in [5.74, 6) is -3.52. The zero-order valence-electron chi connectivity index (χ0n) is 7.31. The Morgan fingerprint density at radius 2 is 1.87 bits per heavy atom. The van der Waals surface area contributed by atoms with Crippen LogP contribution in [0.4, 0.5) is 8.78 Å². The number of ether oxygens (including phenoxy) is 1. The molecule has 1 rings (SSSR count). The van der Waals surface area contributed by atoms with Crippen molar-refractivity contribution < 1.29 is 28.2 Å². The van der Waals surface area contributed by atoms with E-state index in [2.05, 4.69) is 4.74 Å². The van der Waals surface area contributed by atoms with Gasteiger partial charge >= 0.3 is 18.4 Å². The van der Waals surface area contributed by atoms with Crippen molar-refractivity contribution in [2.75, 3.05) is 0 Å². The third kappa shape index (κ3) is 2.73. The maximum atomic E-state index is 11.8. The number of carboxylic acids is 1. The van der Waals surface area contributed by atoms with Crippen LogP contribution in [0.2, 0.25) is 0 Å². The van der Waals surface area contributed by atoms with Gasteiger partial charge in [-0.2, -0.15) is 8.78 Å². The molecule has 0 bridgehead atoms. The van der Waals surface area contributed by atoms with Gasteiger partial charge < -0.3 is 9.84 Å². The molecule has 1 N–H and O–H groups in total. The summed E-state index contributed by atoms with van der Waals surface area (Å²) in [7, 11) is 0. The molecular weight excluding hydrogens is 210 g/mol. The van der Waals surface area contributed by atoms with Gasteiger partial charge in [0, 0.05) is 0 Å². The summed E-state index contributed by atoms with van der Waals surface area (Å²) in [6, 6.07) is 5.05. The van der Waals surface area contributed by atoms with Gasteiger partial charge in [0.15, 0.2) is 0 Å². The minimum absolute atomic E-state index is 0.341. The monoisotopic (exact) mass is 216 g/mol. The molecule has 1 aromatic rings. The van der Waals surface area contributed by atoms with E-state index in [0.717, 1.165) is 12.1 Å². The lowest BCUT2D eigenvalue weighted by Crippen LogP contribution is -2.18. The largest absolute Gasteiger partial charge is 0.478 e. The van der Waals surface area contributed by atoms with E-state index < -0.39 is 24.1 Å². The minimum Gasteiger partial charge on any atom is -0.478 e. The van der Waals surface area contributed by atoms with Crippen molar-refractivity contribution in [3.63, 3.8) is 0 Å². The maximum Gasteiger partial charge on any atom is 0.379 e. The van der Waals surface area contributed by atoms with Crippen LogP contribution >= 0.6 is 0 Å². The number of carboxylic acid groups (broad SMARTS) is 1. The third-order valence-corrected chi connectivity index (χ3v) is 1.51. The van der Waals surface area contributed by atoms with Gasteiger partial charge in [0.25, 0.3) is 0 Å². The lowest BCUT2D eigenvalue weighted by atomic mass is 10.2. The quantitative estimate of drug-likeness (QED) is 0.615. The third-order valence-electron chi connectivity index (χ3n) is 1.51. The zero-order chi connectivity index (χ0) is 11.4. The van der Waals surface area contributed by atoms with Crippen LogP contribution in [-0.4, -0.2) is 23.5 Å². The summed E-state index contributed by atoms with van der Waals surface area (Å²) < 4.78 is 27.8. The Morgan fingerprint density at radius 3 is 2.40 bits per heavy atom. The molecule has 0 aliphatic rings. The van der Waals surface area contributed by atoms with Crippen molar-refractivity contribution >= 4 is 11.9 Å². The Kier molecular flexibility index (Phi) is 3.33. The number of carbonyl (C=O) groups is 2. The van der Waals surface area contributed by atoms with E-state index in [4.69, 9.17) is 5.11 Å². The average molecular weight is 216 g/mol. The number of esters is 1. The summed E-state index contributed by atoms with van der Waals surface area (Å²) in [6.45, 7) is 0. The number of rotatable bonds is 3. The highest BCUT2D eigenvalue weighted by atomic mass is 19.3. The number of halogens is 2. The molecule has 80 valence electrons. The number of benzene rings is 1. The van der Waals surface area contributed by atoms with E-state index in [1.54, 1.807) is 0 Å². The van der Waals surface area contributed by atoms with Gasteiger partial charge in [-0.3, -0.25) is 0 Å². The maximum absolute atomic E-state index is 11.8. The normalized spacial score (nSPS) is 10.1. The van der Waals surface area contributed by atoms with Gasteiger partial charge in [-0.1, -0.05) is 12.1 Å². The predicted molar refractivity (Wildman–Crippen MR) is 45.0 cm³/mol. The van der Waals surface area contributed by atoms with Crippen molar-refractivity contribution in [2.45, 2.75) is 6.43 Å². The molecule has 0 fully saturated rings. The second-order valence-electron chi connectivity index (χ2n) is 2.52. The molecule has 0 aliphatic carbocycles. The van der Waals surface area contributed by atoms with Crippen molar-refractivity contribution in [2.24, 2.45) is 0 Å². The molecule has 0 unspecified atom stereocenters. The fraction of sp³-hybridized carbons (Fsp3) is 0.111.